The third-order valence-corrected chi connectivity index (χ3v) is 3.88. The number of aryl methyl sites for hydroxylation is 1. The maximum atomic E-state index is 10.8. The van der Waals surface area contributed by atoms with Crippen molar-refractivity contribution >= 4 is 23.0 Å². The van der Waals surface area contributed by atoms with Gasteiger partial charge in [-0.25, -0.2) is 0 Å². The van der Waals surface area contributed by atoms with Crippen LogP contribution in [0.5, 0.6) is 0 Å². The number of nitrogens with zero attached hydrogens (tertiary/aromatic N) is 2. The first-order valence-electron chi connectivity index (χ1n) is 6.37. The first kappa shape index (κ1) is 14.1. The summed E-state index contributed by atoms with van der Waals surface area (Å²) in [5.41, 5.74) is 1.89. The lowest BCUT2D eigenvalue weighted by Crippen LogP contribution is -2.24. The van der Waals surface area contributed by atoms with E-state index in [0.717, 1.165) is 37.3 Å². The lowest BCUT2D eigenvalue weighted by atomic mass is 10.1. The second-order valence-corrected chi connectivity index (χ2v) is 5.41. The predicted molar refractivity (Wildman–Crippen MR) is 77.1 cm³/mol. The Morgan fingerprint density at radius 1 is 1.58 bits per heavy atom. The van der Waals surface area contributed by atoms with E-state index >= 15 is 0 Å². The Hall–Kier alpha value is -1.33. The fourth-order valence-corrected chi connectivity index (χ4v) is 2.87. The number of nitro benzene ring substituents is 1. The molecule has 0 saturated carbocycles. The van der Waals surface area contributed by atoms with Crippen LogP contribution < -0.4 is 10.2 Å². The van der Waals surface area contributed by atoms with Gasteiger partial charge in [-0.2, -0.15) is 0 Å². The average Bonchev–Trinajstić information content (AvgIpc) is 2.80. The highest BCUT2D eigenvalue weighted by molar-refractivity contribution is 6.33. The van der Waals surface area contributed by atoms with Crippen LogP contribution >= 0.6 is 11.6 Å². The zero-order valence-electron chi connectivity index (χ0n) is 11.1. The average molecular weight is 284 g/mol. The van der Waals surface area contributed by atoms with Gasteiger partial charge in [0.2, 0.25) is 0 Å². The summed E-state index contributed by atoms with van der Waals surface area (Å²) in [4.78, 5) is 12.7. The van der Waals surface area contributed by atoms with Gasteiger partial charge < -0.3 is 10.2 Å². The number of hydrogen-bond acceptors (Lipinski definition) is 4. The van der Waals surface area contributed by atoms with Crippen LogP contribution in [0.4, 0.5) is 11.4 Å². The maximum Gasteiger partial charge on any atom is 0.288 e. The van der Waals surface area contributed by atoms with Crippen molar-refractivity contribution in [3.63, 3.8) is 0 Å². The molecule has 5 nitrogen and oxygen atoms in total. The van der Waals surface area contributed by atoms with E-state index in [1.54, 1.807) is 12.1 Å². The fourth-order valence-electron chi connectivity index (χ4n) is 2.64. The Morgan fingerprint density at radius 3 is 2.95 bits per heavy atom. The number of benzene rings is 1. The number of anilines is 1. The quantitative estimate of drug-likeness (QED) is 0.682. The Labute approximate surface area is 117 Å². The lowest BCUT2D eigenvalue weighted by molar-refractivity contribution is -0.384. The van der Waals surface area contributed by atoms with Crippen LogP contribution in [0.2, 0.25) is 5.02 Å². The maximum absolute atomic E-state index is 10.8. The van der Waals surface area contributed by atoms with Gasteiger partial charge in [-0.15, -0.1) is 0 Å². The van der Waals surface area contributed by atoms with Crippen LogP contribution in [-0.2, 0) is 0 Å². The second-order valence-electron chi connectivity index (χ2n) is 5.01. The highest BCUT2D eigenvalue weighted by Gasteiger charge is 2.25. The number of nitrogens with one attached hydrogen (secondary N) is 1. The minimum atomic E-state index is -0.438. The molecule has 2 rings (SSSR count). The molecule has 0 amide bonds. The van der Waals surface area contributed by atoms with Gasteiger partial charge >= 0.3 is 0 Å². The minimum absolute atomic E-state index is 0.0195. The number of halogens is 1. The van der Waals surface area contributed by atoms with Crippen molar-refractivity contribution in [1.29, 1.82) is 0 Å². The monoisotopic (exact) mass is 283 g/mol. The summed E-state index contributed by atoms with van der Waals surface area (Å²) in [5.74, 6) is 0.623. The molecule has 1 aliphatic heterocycles. The highest BCUT2D eigenvalue weighted by Crippen LogP contribution is 2.34. The molecule has 1 saturated heterocycles. The zero-order valence-corrected chi connectivity index (χ0v) is 11.9. The topological polar surface area (TPSA) is 58.4 Å². The van der Waals surface area contributed by atoms with Gasteiger partial charge in [-0.3, -0.25) is 10.1 Å². The Kier molecular flexibility index (Phi) is 4.27. The molecule has 0 aromatic heterocycles. The van der Waals surface area contributed by atoms with E-state index in [2.05, 4.69) is 10.2 Å². The number of nitro groups is 1. The van der Waals surface area contributed by atoms with Crippen LogP contribution in [0.15, 0.2) is 12.1 Å². The van der Waals surface area contributed by atoms with E-state index in [4.69, 9.17) is 11.6 Å². The third kappa shape index (κ3) is 2.98. The summed E-state index contributed by atoms with van der Waals surface area (Å²) < 4.78 is 0. The summed E-state index contributed by atoms with van der Waals surface area (Å²) in [5, 5.41) is 14.2. The largest absolute Gasteiger partial charge is 0.371 e. The summed E-state index contributed by atoms with van der Waals surface area (Å²) in [6.45, 7) is 4.83. The van der Waals surface area contributed by atoms with E-state index < -0.39 is 4.92 Å². The summed E-state index contributed by atoms with van der Waals surface area (Å²) in [7, 11) is 1.96. The fraction of sp³-hybridized carbons (Fsp3) is 0.538. The van der Waals surface area contributed by atoms with Gasteiger partial charge in [-0.1, -0.05) is 11.6 Å². The predicted octanol–water partition coefficient (Wildman–Crippen LogP) is 2.60. The summed E-state index contributed by atoms with van der Waals surface area (Å²) in [6, 6.07) is 3.28. The van der Waals surface area contributed by atoms with E-state index in [-0.39, 0.29) is 10.7 Å². The molecule has 0 bridgehead atoms. The molecule has 0 aliphatic carbocycles. The molecule has 1 aromatic carbocycles. The van der Waals surface area contributed by atoms with Crippen molar-refractivity contribution in [2.24, 2.45) is 5.92 Å². The van der Waals surface area contributed by atoms with Crippen LogP contribution in [-0.4, -0.2) is 31.6 Å². The van der Waals surface area contributed by atoms with Gasteiger partial charge in [0.15, 0.2) is 0 Å². The molecule has 1 aliphatic rings. The van der Waals surface area contributed by atoms with Gasteiger partial charge in [0.25, 0.3) is 5.69 Å². The number of hydrogen-bond donors (Lipinski definition) is 1. The molecule has 1 heterocycles. The SMILES string of the molecule is CNCC1CCN(c2cc(Cl)c([N+](=O)[O-])cc2C)C1. The van der Waals surface area contributed by atoms with Crippen molar-refractivity contribution in [2.45, 2.75) is 13.3 Å². The Balaban J connectivity index is 2.22. The number of rotatable bonds is 4. The van der Waals surface area contributed by atoms with E-state index in [1.807, 2.05) is 14.0 Å². The molecule has 1 atom stereocenters. The van der Waals surface area contributed by atoms with Gasteiger partial charge in [0.05, 0.1) is 4.92 Å². The zero-order chi connectivity index (χ0) is 14.0. The van der Waals surface area contributed by atoms with Crippen LogP contribution in [0.25, 0.3) is 0 Å². The lowest BCUT2D eigenvalue weighted by Gasteiger charge is -2.21. The van der Waals surface area contributed by atoms with E-state index in [0.29, 0.717) is 5.92 Å². The minimum Gasteiger partial charge on any atom is -0.371 e. The molecule has 1 N–H and O–H groups in total. The van der Waals surface area contributed by atoms with Gasteiger partial charge in [-0.05, 0) is 44.5 Å². The molecule has 0 spiro atoms. The molecule has 6 heteroatoms. The van der Waals surface area contributed by atoms with Crippen LogP contribution in [0.1, 0.15) is 12.0 Å². The van der Waals surface area contributed by atoms with Crippen molar-refractivity contribution in [2.75, 3.05) is 31.6 Å². The van der Waals surface area contributed by atoms with Crippen molar-refractivity contribution in [1.82, 2.24) is 5.32 Å². The molecular weight excluding hydrogens is 266 g/mol. The highest BCUT2D eigenvalue weighted by atomic mass is 35.5. The van der Waals surface area contributed by atoms with Crippen molar-refractivity contribution in [3.8, 4) is 0 Å². The standard InChI is InChI=1S/C13H18ClN3O2/c1-9-5-13(17(18)19)11(14)6-12(9)16-4-3-10(8-16)7-15-2/h5-6,10,15H,3-4,7-8H2,1-2H3. The second kappa shape index (κ2) is 5.75. The van der Waals surface area contributed by atoms with Crippen LogP contribution in [0.3, 0.4) is 0 Å². The van der Waals surface area contributed by atoms with Crippen molar-refractivity contribution < 1.29 is 4.92 Å². The first-order chi connectivity index (χ1) is 9.02. The van der Waals surface area contributed by atoms with Gasteiger partial charge in [0.1, 0.15) is 5.02 Å². The summed E-state index contributed by atoms with van der Waals surface area (Å²) in [6.07, 6.45) is 1.13. The molecule has 1 unspecified atom stereocenters. The normalized spacial score (nSPS) is 18.9. The summed E-state index contributed by atoms with van der Waals surface area (Å²) >= 11 is 5.99. The van der Waals surface area contributed by atoms with E-state index in [1.165, 1.54) is 0 Å². The molecule has 0 radical (unpaired) electrons. The molecule has 19 heavy (non-hydrogen) atoms. The Bertz CT molecular complexity index is 493. The molecular formula is C13H18ClN3O2. The van der Waals surface area contributed by atoms with Crippen molar-refractivity contribution in [3.05, 3.63) is 32.8 Å². The molecule has 1 fully saturated rings. The van der Waals surface area contributed by atoms with E-state index in [9.17, 15) is 10.1 Å². The van der Waals surface area contributed by atoms with Gasteiger partial charge in [0, 0.05) is 24.8 Å². The molecule has 104 valence electrons. The molecule has 1 aromatic rings. The third-order valence-electron chi connectivity index (χ3n) is 3.58. The Morgan fingerprint density at radius 2 is 2.32 bits per heavy atom. The van der Waals surface area contributed by atoms with Crippen LogP contribution in [0, 0.1) is 23.0 Å². The smallest absolute Gasteiger partial charge is 0.288 e. The first-order valence-corrected chi connectivity index (χ1v) is 6.74.